The summed E-state index contributed by atoms with van der Waals surface area (Å²) in [6, 6.07) is 10.7. The molecule has 1 aromatic carbocycles. The highest BCUT2D eigenvalue weighted by Gasteiger charge is 2.16. The molecule has 3 aromatic rings. The number of hydrogen-bond donors (Lipinski definition) is 1. The van der Waals surface area contributed by atoms with E-state index in [1.165, 1.54) is 11.3 Å². The zero-order chi connectivity index (χ0) is 14.9. The standard InChI is InChI=1S/C17H19N5/c1-2-13-4-3-5-14(10-13)21-8-7-19-17(21)16-11-15-12-18-6-9-22(15)20-16/h3-5,7-8,10-11,18H,2,6,9,12H2,1H3. The van der Waals surface area contributed by atoms with Crippen LogP contribution < -0.4 is 5.32 Å². The van der Waals surface area contributed by atoms with E-state index in [1.807, 2.05) is 12.4 Å². The predicted molar refractivity (Wildman–Crippen MR) is 85.9 cm³/mol. The number of fused-ring (bicyclic) bond motifs is 1. The van der Waals surface area contributed by atoms with Crippen LogP contribution in [-0.2, 0) is 19.5 Å². The molecule has 3 heterocycles. The molecular weight excluding hydrogens is 274 g/mol. The molecule has 2 aromatic heterocycles. The van der Waals surface area contributed by atoms with Gasteiger partial charge in [-0.15, -0.1) is 0 Å². The summed E-state index contributed by atoms with van der Waals surface area (Å²) >= 11 is 0. The average molecular weight is 293 g/mol. The summed E-state index contributed by atoms with van der Waals surface area (Å²) < 4.78 is 4.19. The number of hydrogen-bond acceptors (Lipinski definition) is 3. The monoisotopic (exact) mass is 293 g/mol. The first kappa shape index (κ1) is 13.3. The first-order valence-corrected chi connectivity index (χ1v) is 7.75. The normalized spacial score (nSPS) is 14.0. The van der Waals surface area contributed by atoms with Gasteiger partial charge in [0.2, 0.25) is 0 Å². The highest BCUT2D eigenvalue weighted by Crippen LogP contribution is 2.22. The Morgan fingerprint density at radius 1 is 1.27 bits per heavy atom. The number of aromatic nitrogens is 4. The Hall–Kier alpha value is -2.40. The molecule has 0 saturated carbocycles. The maximum atomic E-state index is 4.72. The fraction of sp³-hybridized carbons (Fsp3) is 0.294. The number of aryl methyl sites for hydroxylation is 1. The molecule has 0 radical (unpaired) electrons. The van der Waals surface area contributed by atoms with Crippen molar-refractivity contribution in [2.24, 2.45) is 0 Å². The molecule has 0 amide bonds. The lowest BCUT2D eigenvalue weighted by molar-refractivity contribution is 0.476. The Morgan fingerprint density at radius 2 is 2.23 bits per heavy atom. The Kier molecular flexibility index (Phi) is 3.27. The van der Waals surface area contributed by atoms with Crippen molar-refractivity contribution in [1.29, 1.82) is 0 Å². The van der Waals surface area contributed by atoms with E-state index in [2.05, 4.69) is 56.8 Å². The van der Waals surface area contributed by atoms with Gasteiger partial charge in [0.25, 0.3) is 0 Å². The van der Waals surface area contributed by atoms with Gasteiger partial charge >= 0.3 is 0 Å². The van der Waals surface area contributed by atoms with Crippen LogP contribution in [0, 0.1) is 0 Å². The minimum atomic E-state index is 0.874. The minimum absolute atomic E-state index is 0.874. The molecule has 1 aliphatic rings. The maximum absolute atomic E-state index is 4.72. The van der Waals surface area contributed by atoms with Gasteiger partial charge in [-0.1, -0.05) is 19.1 Å². The lowest BCUT2D eigenvalue weighted by atomic mass is 10.1. The molecule has 1 aliphatic heterocycles. The van der Waals surface area contributed by atoms with E-state index >= 15 is 0 Å². The Bertz CT molecular complexity index is 775. The number of imidazole rings is 1. The van der Waals surface area contributed by atoms with E-state index in [1.54, 1.807) is 0 Å². The molecule has 0 spiro atoms. The van der Waals surface area contributed by atoms with Crippen molar-refractivity contribution in [2.75, 3.05) is 6.54 Å². The molecule has 0 saturated heterocycles. The van der Waals surface area contributed by atoms with E-state index in [9.17, 15) is 0 Å². The summed E-state index contributed by atoms with van der Waals surface area (Å²) in [4.78, 5) is 4.53. The molecule has 0 aliphatic carbocycles. The zero-order valence-corrected chi connectivity index (χ0v) is 12.7. The summed E-state index contributed by atoms with van der Waals surface area (Å²) in [5, 5.41) is 8.09. The molecule has 0 bridgehead atoms. The van der Waals surface area contributed by atoms with Gasteiger partial charge in [0.1, 0.15) is 5.69 Å². The van der Waals surface area contributed by atoms with Crippen molar-refractivity contribution in [3.05, 3.63) is 54.0 Å². The second kappa shape index (κ2) is 5.42. The van der Waals surface area contributed by atoms with E-state index < -0.39 is 0 Å². The molecule has 1 N–H and O–H groups in total. The number of nitrogens with one attached hydrogen (secondary N) is 1. The number of rotatable bonds is 3. The Labute approximate surface area is 129 Å². The van der Waals surface area contributed by atoms with Crippen LogP contribution in [0.2, 0.25) is 0 Å². The van der Waals surface area contributed by atoms with Gasteiger partial charge in [-0.3, -0.25) is 9.25 Å². The summed E-state index contributed by atoms with van der Waals surface area (Å²) in [6.07, 6.45) is 4.87. The third-order valence-corrected chi connectivity index (χ3v) is 4.14. The third-order valence-electron chi connectivity index (χ3n) is 4.14. The van der Waals surface area contributed by atoms with Gasteiger partial charge in [0.05, 0.1) is 12.2 Å². The number of benzene rings is 1. The van der Waals surface area contributed by atoms with Crippen LogP contribution in [0.5, 0.6) is 0 Å². The SMILES string of the molecule is CCc1cccc(-n2ccnc2-c2cc3n(n2)CCNC3)c1. The van der Waals surface area contributed by atoms with Gasteiger partial charge < -0.3 is 5.32 Å². The van der Waals surface area contributed by atoms with Crippen molar-refractivity contribution in [3.8, 4) is 17.2 Å². The van der Waals surface area contributed by atoms with E-state index in [-0.39, 0.29) is 0 Å². The largest absolute Gasteiger partial charge is 0.309 e. The Balaban J connectivity index is 1.77. The van der Waals surface area contributed by atoms with E-state index in [0.29, 0.717) is 0 Å². The van der Waals surface area contributed by atoms with E-state index in [4.69, 9.17) is 5.10 Å². The second-order valence-corrected chi connectivity index (χ2v) is 5.57. The molecule has 22 heavy (non-hydrogen) atoms. The molecule has 5 nitrogen and oxygen atoms in total. The zero-order valence-electron chi connectivity index (χ0n) is 12.7. The Morgan fingerprint density at radius 3 is 3.09 bits per heavy atom. The molecule has 112 valence electrons. The third kappa shape index (κ3) is 2.23. The average Bonchev–Trinajstić information content (AvgIpc) is 3.21. The molecule has 0 atom stereocenters. The molecule has 4 rings (SSSR count). The van der Waals surface area contributed by atoms with Crippen LogP contribution in [0.15, 0.2) is 42.7 Å². The maximum Gasteiger partial charge on any atom is 0.165 e. The van der Waals surface area contributed by atoms with Crippen LogP contribution in [0.3, 0.4) is 0 Å². The molecule has 5 heteroatoms. The van der Waals surface area contributed by atoms with Gasteiger partial charge in [-0.25, -0.2) is 4.98 Å². The van der Waals surface area contributed by atoms with Crippen molar-refractivity contribution in [3.63, 3.8) is 0 Å². The first-order valence-electron chi connectivity index (χ1n) is 7.75. The van der Waals surface area contributed by atoms with Gasteiger partial charge in [-0.05, 0) is 30.2 Å². The molecule has 0 fully saturated rings. The van der Waals surface area contributed by atoms with Gasteiger partial charge in [0.15, 0.2) is 5.82 Å². The van der Waals surface area contributed by atoms with Gasteiger partial charge in [0, 0.05) is 31.2 Å². The van der Waals surface area contributed by atoms with Crippen LogP contribution in [-0.4, -0.2) is 25.9 Å². The summed E-state index contributed by atoms with van der Waals surface area (Å²) in [5.41, 5.74) is 4.62. The fourth-order valence-corrected chi connectivity index (χ4v) is 2.93. The van der Waals surface area contributed by atoms with Crippen LogP contribution in [0.4, 0.5) is 0 Å². The minimum Gasteiger partial charge on any atom is -0.309 e. The quantitative estimate of drug-likeness (QED) is 0.806. The summed E-state index contributed by atoms with van der Waals surface area (Å²) in [7, 11) is 0. The first-order chi connectivity index (χ1) is 10.8. The second-order valence-electron chi connectivity index (χ2n) is 5.57. The molecule has 0 unspecified atom stereocenters. The fourth-order valence-electron chi connectivity index (χ4n) is 2.93. The van der Waals surface area contributed by atoms with Gasteiger partial charge in [-0.2, -0.15) is 5.10 Å². The van der Waals surface area contributed by atoms with Crippen molar-refractivity contribution in [1.82, 2.24) is 24.6 Å². The lowest BCUT2D eigenvalue weighted by Crippen LogP contribution is -2.28. The predicted octanol–water partition coefficient (Wildman–Crippen LogP) is 2.40. The van der Waals surface area contributed by atoms with Crippen molar-refractivity contribution < 1.29 is 0 Å². The highest BCUT2D eigenvalue weighted by atomic mass is 15.3. The summed E-state index contributed by atoms with van der Waals surface area (Å²) in [6.45, 7) is 4.94. The molecular formula is C17H19N5. The van der Waals surface area contributed by atoms with Crippen molar-refractivity contribution >= 4 is 0 Å². The van der Waals surface area contributed by atoms with Crippen molar-refractivity contribution in [2.45, 2.75) is 26.4 Å². The number of nitrogens with zero attached hydrogens (tertiary/aromatic N) is 4. The van der Waals surface area contributed by atoms with Crippen LogP contribution in [0.25, 0.3) is 17.2 Å². The van der Waals surface area contributed by atoms with Crippen LogP contribution in [0.1, 0.15) is 18.2 Å². The lowest BCUT2D eigenvalue weighted by Gasteiger charge is -2.13. The smallest absolute Gasteiger partial charge is 0.165 e. The van der Waals surface area contributed by atoms with Crippen LogP contribution >= 0.6 is 0 Å². The topological polar surface area (TPSA) is 47.7 Å². The van der Waals surface area contributed by atoms with E-state index in [0.717, 1.165) is 43.3 Å². The summed E-state index contributed by atoms with van der Waals surface area (Å²) in [5.74, 6) is 0.898. The highest BCUT2D eigenvalue weighted by molar-refractivity contribution is 5.55.